The monoisotopic (exact) mass is 373 g/mol. The van der Waals surface area contributed by atoms with Gasteiger partial charge in [-0.2, -0.15) is 0 Å². The van der Waals surface area contributed by atoms with E-state index in [4.69, 9.17) is 0 Å². The maximum Gasteiger partial charge on any atom is 0.231 e. The Morgan fingerprint density at radius 3 is 2.39 bits per heavy atom. The Morgan fingerprint density at radius 2 is 1.75 bits per heavy atom. The highest BCUT2D eigenvalue weighted by Crippen LogP contribution is 2.27. The summed E-state index contributed by atoms with van der Waals surface area (Å²) in [6.07, 6.45) is 6.21. The van der Waals surface area contributed by atoms with E-state index in [9.17, 15) is 4.79 Å². The molecule has 0 bridgehead atoms. The van der Waals surface area contributed by atoms with Crippen LogP contribution in [0.5, 0.6) is 0 Å². The van der Waals surface area contributed by atoms with Gasteiger partial charge in [0, 0.05) is 30.0 Å². The number of carbonyl (C=O) groups excluding carboxylic acids is 1. The predicted molar refractivity (Wildman–Crippen MR) is 114 cm³/mol. The van der Waals surface area contributed by atoms with Crippen LogP contribution in [0.15, 0.2) is 61.1 Å². The Hall–Kier alpha value is -3.01. The Morgan fingerprint density at radius 1 is 1.00 bits per heavy atom. The van der Waals surface area contributed by atoms with E-state index in [0.717, 1.165) is 40.1 Å². The number of anilines is 1. The number of rotatable bonds is 6. The molecule has 1 atom stereocenters. The van der Waals surface area contributed by atoms with Crippen molar-refractivity contribution in [2.75, 3.05) is 5.32 Å². The van der Waals surface area contributed by atoms with Gasteiger partial charge in [-0.05, 0) is 72.7 Å². The van der Waals surface area contributed by atoms with E-state index < -0.39 is 0 Å². The van der Waals surface area contributed by atoms with Crippen LogP contribution in [-0.4, -0.2) is 15.9 Å². The zero-order valence-corrected chi connectivity index (χ0v) is 16.9. The first kappa shape index (κ1) is 19.7. The third-order valence-electron chi connectivity index (χ3n) is 4.70. The van der Waals surface area contributed by atoms with E-state index in [-0.39, 0.29) is 11.8 Å². The van der Waals surface area contributed by atoms with Gasteiger partial charge in [0.15, 0.2) is 0 Å². The van der Waals surface area contributed by atoms with E-state index in [1.54, 1.807) is 6.20 Å². The maximum atomic E-state index is 13.0. The molecule has 0 saturated heterocycles. The van der Waals surface area contributed by atoms with E-state index in [1.807, 2.05) is 56.6 Å². The molecule has 0 aliphatic carbocycles. The van der Waals surface area contributed by atoms with Gasteiger partial charge in [0.05, 0.1) is 5.92 Å². The second kappa shape index (κ2) is 8.79. The van der Waals surface area contributed by atoms with Crippen LogP contribution < -0.4 is 5.32 Å². The van der Waals surface area contributed by atoms with Crippen molar-refractivity contribution in [2.45, 2.75) is 40.0 Å². The molecule has 1 N–H and O–H groups in total. The zero-order chi connectivity index (χ0) is 20.1. The number of hydrogen-bond donors (Lipinski definition) is 1. The SMILES string of the molecule is Cc1cncc(C(CC(C)C)C(=O)Nc2ccc(-c3ccnc(C)c3)cc2)c1. The van der Waals surface area contributed by atoms with Crippen molar-refractivity contribution in [2.24, 2.45) is 5.92 Å². The molecule has 4 nitrogen and oxygen atoms in total. The van der Waals surface area contributed by atoms with E-state index in [2.05, 4.69) is 41.3 Å². The molecular weight excluding hydrogens is 346 g/mol. The number of aryl methyl sites for hydroxylation is 2. The van der Waals surface area contributed by atoms with Crippen molar-refractivity contribution in [3.05, 3.63) is 77.9 Å². The highest BCUT2D eigenvalue weighted by Gasteiger charge is 2.22. The summed E-state index contributed by atoms with van der Waals surface area (Å²) in [6, 6.07) is 14.0. The molecule has 0 radical (unpaired) electrons. The van der Waals surface area contributed by atoms with Crippen LogP contribution in [0.1, 0.15) is 43.0 Å². The molecule has 2 heterocycles. The Kier molecular flexibility index (Phi) is 6.19. The van der Waals surface area contributed by atoms with Crippen LogP contribution in [0.25, 0.3) is 11.1 Å². The third-order valence-corrected chi connectivity index (χ3v) is 4.70. The molecule has 28 heavy (non-hydrogen) atoms. The zero-order valence-electron chi connectivity index (χ0n) is 16.9. The Balaban J connectivity index is 1.77. The van der Waals surface area contributed by atoms with Crippen LogP contribution in [0.4, 0.5) is 5.69 Å². The lowest BCUT2D eigenvalue weighted by molar-refractivity contribution is -0.118. The van der Waals surface area contributed by atoms with Gasteiger partial charge in [-0.3, -0.25) is 14.8 Å². The highest BCUT2D eigenvalue weighted by molar-refractivity contribution is 5.96. The molecule has 3 aromatic rings. The summed E-state index contributed by atoms with van der Waals surface area (Å²) in [5.74, 6) is 0.206. The lowest BCUT2D eigenvalue weighted by atomic mass is 9.90. The number of amides is 1. The Bertz CT molecular complexity index is 948. The maximum absolute atomic E-state index is 13.0. The second-order valence-electron chi connectivity index (χ2n) is 7.73. The van der Waals surface area contributed by atoms with Gasteiger partial charge in [-0.15, -0.1) is 0 Å². The number of benzene rings is 1. The largest absolute Gasteiger partial charge is 0.326 e. The van der Waals surface area contributed by atoms with Crippen LogP contribution in [-0.2, 0) is 4.79 Å². The molecule has 1 aromatic carbocycles. The summed E-state index contributed by atoms with van der Waals surface area (Å²) < 4.78 is 0. The van der Waals surface area contributed by atoms with Gasteiger partial charge in [0.1, 0.15) is 0 Å². The summed E-state index contributed by atoms with van der Waals surface area (Å²) in [6.45, 7) is 8.25. The van der Waals surface area contributed by atoms with Crippen LogP contribution in [0.2, 0.25) is 0 Å². The first-order valence-electron chi connectivity index (χ1n) is 9.68. The molecule has 4 heteroatoms. The number of carbonyl (C=O) groups is 1. The van der Waals surface area contributed by atoms with Crippen molar-refractivity contribution >= 4 is 11.6 Å². The summed E-state index contributed by atoms with van der Waals surface area (Å²) >= 11 is 0. The molecule has 0 fully saturated rings. The normalized spacial score (nSPS) is 12.0. The molecule has 1 unspecified atom stereocenters. The minimum Gasteiger partial charge on any atom is -0.326 e. The molecular formula is C24H27N3O. The van der Waals surface area contributed by atoms with Gasteiger partial charge in [-0.25, -0.2) is 0 Å². The Labute approximate surface area is 167 Å². The average molecular weight is 374 g/mol. The first-order valence-corrected chi connectivity index (χ1v) is 9.68. The molecule has 0 aliphatic heterocycles. The fourth-order valence-electron chi connectivity index (χ4n) is 3.34. The number of nitrogens with zero attached hydrogens (tertiary/aromatic N) is 2. The van der Waals surface area contributed by atoms with E-state index >= 15 is 0 Å². The van der Waals surface area contributed by atoms with Crippen molar-refractivity contribution in [1.29, 1.82) is 0 Å². The van der Waals surface area contributed by atoms with Crippen molar-refractivity contribution in [3.63, 3.8) is 0 Å². The van der Waals surface area contributed by atoms with Crippen molar-refractivity contribution in [3.8, 4) is 11.1 Å². The van der Waals surface area contributed by atoms with E-state index in [0.29, 0.717) is 5.92 Å². The number of hydrogen-bond acceptors (Lipinski definition) is 3. The lowest BCUT2D eigenvalue weighted by Gasteiger charge is -2.19. The highest BCUT2D eigenvalue weighted by atomic mass is 16.1. The molecule has 0 aliphatic rings. The molecule has 1 amide bonds. The lowest BCUT2D eigenvalue weighted by Crippen LogP contribution is -2.22. The second-order valence-corrected chi connectivity index (χ2v) is 7.73. The first-order chi connectivity index (χ1) is 13.4. The number of nitrogens with one attached hydrogen (secondary N) is 1. The summed E-state index contributed by atoms with van der Waals surface area (Å²) in [5, 5.41) is 3.08. The third kappa shape index (κ3) is 5.03. The quantitative estimate of drug-likeness (QED) is 0.618. The van der Waals surface area contributed by atoms with Crippen molar-refractivity contribution < 1.29 is 4.79 Å². The fourth-order valence-corrected chi connectivity index (χ4v) is 3.34. The number of pyridine rings is 2. The average Bonchev–Trinajstić information content (AvgIpc) is 2.66. The molecule has 0 saturated carbocycles. The molecule has 0 spiro atoms. The minimum absolute atomic E-state index is 0.00797. The van der Waals surface area contributed by atoms with Gasteiger partial charge >= 0.3 is 0 Å². The molecule has 2 aromatic heterocycles. The van der Waals surface area contributed by atoms with Gasteiger partial charge in [0.2, 0.25) is 5.91 Å². The minimum atomic E-state index is -0.213. The summed E-state index contributed by atoms with van der Waals surface area (Å²) in [5.41, 5.74) is 6.04. The van der Waals surface area contributed by atoms with Crippen molar-refractivity contribution in [1.82, 2.24) is 9.97 Å². The van der Waals surface area contributed by atoms with Crippen LogP contribution >= 0.6 is 0 Å². The van der Waals surface area contributed by atoms with Gasteiger partial charge in [-0.1, -0.05) is 32.0 Å². The van der Waals surface area contributed by atoms with Gasteiger partial charge in [0.25, 0.3) is 0 Å². The molecule has 144 valence electrons. The van der Waals surface area contributed by atoms with Crippen LogP contribution in [0.3, 0.4) is 0 Å². The van der Waals surface area contributed by atoms with E-state index in [1.165, 1.54) is 0 Å². The van der Waals surface area contributed by atoms with Gasteiger partial charge < -0.3 is 5.32 Å². The summed E-state index contributed by atoms with van der Waals surface area (Å²) in [7, 11) is 0. The smallest absolute Gasteiger partial charge is 0.231 e. The summed E-state index contributed by atoms with van der Waals surface area (Å²) in [4.78, 5) is 21.5. The fraction of sp³-hybridized carbons (Fsp3) is 0.292. The standard InChI is InChI=1S/C24H27N3O/c1-16(2)11-23(21-12-17(3)14-25-15-21)24(28)27-22-7-5-19(6-8-22)20-9-10-26-18(4)13-20/h5-10,12-16,23H,11H2,1-4H3,(H,27,28). The molecule has 3 rings (SSSR count). The van der Waals surface area contributed by atoms with Crippen LogP contribution in [0, 0.1) is 19.8 Å². The predicted octanol–water partition coefficient (Wildman–Crippen LogP) is 5.53. The topological polar surface area (TPSA) is 54.9 Å². The number of aromatic nitrogens is 2.